The highest BCUT2D eigenvalue weighted by molar-refractivity contribution is 7.90. The van der Waals surface area contributed by atoms with Crippen molar-refractivity contribution in [1.29, 1.82) is 5.26 Å². The Labute approximate surface area is 139 Å². The van der Waals surface area contributed by atoms with Gasteiger partial charge in [0.15, 0.2) is 9.84 Å². The molecule has 0 aromatic heterocycles. The summed E-state index contributed by atoms with van der Waals surface area (Å²) in [7, 11) is -3.46. The number of nitrogens with one attached hydrogen (secondary N) is 1. The molecule has 3 rings (SSSR count). The second-order valence-electron chi connectivity index (χ2n) is 5.80. The van der Waals surface area contributed by atoms with Crippen LogP contribution in [0.15, 0.2) is 35.2 Å². The first-order valence-electron chi connectivity index (χ1n) is 7.31. The lowest BCUT2D eigenvalue weighted by Gasteiger charge is -2.15. The lowest BCUT2D eigenvalue weighted by Crippen LogP contribution is -2.06. The van der Waals surface area contributed by atoms with Crippen molar-refractivity contribution in [2.24, 2.45) is 0 Å². The first kappa shape index (κ1) is 16.4. The molecule has 0 fully saturated rings. The van der Waals surface area contributed by atoms with Crippen LogP contribution in [0.5, 0.6) is 0 Å². The van der Waals surface area contributed by atoms with Crippen LogP contribution in [0.25, 0.3) is 0 Å². The van der Waals surface area contributed by atoms with Gasteiger partial charge in [-0.3, -0.25) is 0 Å². The molecule has 0 heterocycles. The van der Waals surface area contributed by atoms with Crippen LogP contribution in [0.2, 0.25) is 0 Å². The zero-order valence-electron chi connectivity index (χ0n) is 12.9. The molecule has 7 heteroatoms. The summed E-state index contributed by atoms with van der Waals surface area (Å²) in [6.07, 6.45) is 1.21. The van der Waals surface area contributed by atoms with E-state index in [1.165, 1.54) is 18.2 Å². The molecule has 5 nitrogen and oxygen atoms in total. The molecule has 24 heavy (non-hydrogen) atoms. The van der Waals surface area contributed by atoms with Crippen molar-refractivity contribution in [3.63, 3.8) is 0 Å². The maximum Gasteiger partial charge on any atom is 0.175 e. The minimum Gasteiger partial charge on any atom is -0.388 e. The number of sulfone groups is 1. The Kier molecular flexibility index (Phi) is 4.03. The van der Waals surface area contributed by atoms with E-state index in [9.17, 15) is 17.9 Å². The average molecular weight is 346 g/mol. The van der Waals surface area contributed by atoms with Gasteiger partial charge in [-0.1, -0.05) is 0 Å². The van der Waals surface area contributed by atoms with Crippen molar-refractivity contribution in [2.75, 3.05) is 11.6 Å². The van der Waals surface area contributed by atoms with Gasteiger partial charge < -0.3 is 10.4 Å². The minimum atomic E-state index is -3.46. The summed E-state index contributed by atoms with van der Waals surface area (Å²) in [6.45, 7) is 0. The van der Waals surface area contributed by atoms with Crippen LogP contribution >= 0.6 is 0 Å². The van der Waals surface area contributed by atoms with Gasteiger partial charge in [-0.15, -0.1) is 0 Å². The molecule has 1 atom stereocenters. The number of fused-ring (bicyclic) bond motifs is 1. The quantitative estimate of drug-likeness (QED) is 0.892. The molecule has 2 N–H and O–H groups in total. The summed E-state index contributed by atoms with van der Waals surface area (Å²) in [6, 6.07) is 8.81. The zero-order valence-corrected chi connectivity index (χ0v) is 13.7. The second kappa shape index (κ2) is 5.89. The van der Waals surface area contributed by atoms with E-state index < -0.39 is 21.8 Å². The molecule has 124 valence electrons. The largest absolute Gasteiger partial charge is 0.388 e. The highest BCUT2D eigenvalue weighted by atomic mass is 32.2. The Morgan fingerprint density at radius 1 is 1.33 bits per heavy atom. The SMILES string of the molecule is CS(=O)(=O)c1ccc(Nc2cc(F)cc(C#N)c2)c2c1C(O)CC2. The number of halogens is 1. The van der Waals surface area contributed by atoms with Crippen molar-refractivity contribution < 1.29 is 17.9 Å². The van der Waals surface area contributed by atoms with Gasteiger partial charge >= 0.3 is 0 Å². The van der Waals surface area contributed by atoms with Crippen LogP contribution in [-0.4, -0.2) is 19.8 Å². The van der Waals surface area contributed by atoms with Gasteiger partial charge in [-0.2, -0.15) is 5.26 Å². The second-order valence-corrected chi connectivity index (χ2v) is 7.78. The topological polar surface area (TPSA) is 90.2 Å². The van der Waals surface area contributed by atoms with E-state index in [1.807, 2.05) is 6.07 Å². The maximum absolute atomic E-state index is 13.6. The Balaban J connectivity index is 2.09. The standard InChI is InChI=1S/C17H15FN2O3S/c1-24(22,23)16-5-3-14(13-2-4-15(21)17(13)16)20-12-7-10(9-19)6-11(18)8-12/h3,5-8,15,20-21H,2,4H2,1H3. The monoisotopic (exact) mass is 346 g/mol. The number of hydrogen-bond acceptors (Lipinski definition) is 5. The normalized spacial score (nSPS) is 16.5. The fraction of sp³-hybridized carbons (Fsp3) is 0.235. The molecule has 0 saturated heterocycles. The van der Waals surface area contributed by atoms with E-state index in [1.54, 1.807) is 6.07 Å². The van der Waals surface area contributed by atoms with Gasteiger partial charge in [-0.25, -0.2) is 12.8 Å². The lowest BCUT2D eigenvalue weighted by atomic mass is 10.1. The molecule has 0 radical (unpaired) electrons. The number of aliphatic hydroxyl groups excluding tert-OH is 1. The lowest BCUT2D eigenvalue weighted by molar-refractivity contribution is 0.177. The molecule has 2 aromatic carbocycles. The number of anilines is 2. The van der Waals surface area contributed by atoms with E-state index in [-0.39, 0.29) is 10.5 Å². The van der Waals surface area contributed by atoms with Crippen molar-refractivity contribution in [3.8, 4) is 6.07 Å². The number of benzene rings is 2. The van der Waals surface area contributed by atoms with E-state index >= 15 is 0 Å². The summed E-state index contributed by atoms with van der Waals surface area (Å²) in [4.78, 5) is 0.116. The molecule has 0 spiro atoms. The van der Waals surface area contributed by atoms with Crippen LogP contribution in [0, 0.1) is 17.1 Å². The Morgan fingerprint density at radius 2 is 2.08 bits per heavy atom. The third-order valence-corrected chi connectivity index (χ3v) is 5.18. The fourth-order valence-corrected chi connectivity index (χ4v) is 4.00. The third kappa shape index (κ3) is 2.98. The van der Waals surface area contributed by atoms with Crippen LogP contribution in [0.1, 0.15) is 29.2 Å². The molecule has 1 unspecified atom stereocenters. The molecular formula is C17H15FN2O3S. The predicted octanol–water partition coefficient (Wildman–Crippen LogP) is 2.82. The van der Waals surface area contributed by atoms with Crippen molar-refractivity contribution >= 4 is 21.2 Å². The molecular weight excluding hydrogens is 331 g/mol. The van der Waals surface area contributed by atoms with Gasteiger partial charge in [-0.05, 0) is 48.7 Å². The van der Waals surface area contributed by atoms with Crippen molar-refractivity contribution in [3.05, 3.63) is 52.8 Å². The predicted molar refractivity (Wildman–Crippen MR) is 87.2 cm³/mol. The molecule has 1 aliphatic carbocycles. The number of hydrogen-bond donors (Lipinski definition) is 2. The fourth-order valence-electron chi connectivity index (χ4n) is 3.03. The molecule has 0 aliphatic heterocycles. The van der Waals surface area contributed by atoms with Crippen molar-refractivity contribution in [1.82, 2.24) is 0 Å². The average Bonchev–Trinajstić information content (AvgIpc) is 2.88. The number of nitriles is 1. The summed E-state index contributed by atoms with van der Waals surface area (Å²) < 4.78 is 37.4. The molecule has 0 bridgehead atoms. The van der Waals surface area contributed by atoms with E-state index in [0.717, 1.165) is 12.3 Å². The molecule has 2 aromatic rings. The Morgan fingerprint density at radius 3 is 2.75 bits per heavy atom. The first-order chi connectivity index (χ1) is 11.3. The van der Waals surface area contributed by atoms with Gasteiger partial charge in [0.05, 0.1) is 22.6 Å². The summed E-state index contributed by atoms with van der Waals surface area (Å²) in [5.74, 6) is -0.541. The first-order valence-corrected chi connectivity index (χ1v) is 9.20. The Hall–Kier alpha value is -2.43. The van der Waals surface area contributed by atoms with Crippen molar-refractivity contribution in [2.45, 2.75) is 23.8 Å². The van der Waals surface area contributed by atoms with Gasteiger partial charge in [0, 0.05) is 23.2 Å². The van der Waals surface area contributed by atoms with Gasteiger partial charge in [0.2, 0.25) is 0 Å². The zero-order chi connectivity index (χ0) is 17.5. The summed E-state index contributed by atoms with van der Waals surface area (Å²) >= 11 is 0. The van der Waals surface area contributed by atoms with Gasteiger partial charge in [0.25, 0.3) is 0 Å². The van der Waals surface area contributed by atoms with Crippen LogP contribution in [-0.2, 0) is 16.3 Å². The summed E-state index contributed by atoms with van der Waals surface area (Å²) in [5.41, 5.74) is 2.28. The summed E-state index contributed by atoms with van der Waals surface area (Å²) in [5, 5.41) is 22.1. The third-order valence-electron chi connectivity index (χ3n) is 4.02. The van der Waals surface area contributed by atoms with Gasteiger partial charge in [0.1, 0.15) is 5.82 Å². The minimum absolute atomic E-state index is 0.116. The highest BCUT2D eigenvalue weighted by Gasteiger charge is 2.29. The Bertz CT molecular complexity index is 965. The smallest absolute Gasteiger partial charge is 0.175 e. The maximum atomic E-state index is 13.6. The number of nitrogens with zero attached hydrogens (tertiary/aromatic N) is 1. The molecule has 0 amide bonds. The van der Waals surface area contributed by atoms with Crippen LogP contribution < -0.4 is 5.32 Å². The molecule has 1 aliphatic rings. The van der Waals surface area contributed by atoms with Crippen LogP contribution in [0.3, 0.4) is 0 Å². The van der Waals surface area contributed by atoms with E-state index in [2.05, 4.69) is 5.32 Å². The highest BCUT2D eigenvalue weighted by Crippen LogP contribution is 2.40. The van der Waals surface area contributed by atoms with E-state index in [0.29, 0.717) is 35.3 Å². The van der Waals surface area contributed by atoms with Crippen LogP contribution in [0.4, 0.5) is 15.8 Å². The van der Waals surface area contributed by atoms with E-state index in [4.69, 9.17) is 5.26 Å². The number of rotatable bonds is 3. The number of aliphatic hydroxyl groups is 1. The molecule has 0 saturated carbocycles.